The third-order valence-corrected chi connectivity index (χ3v) is 7.29. The summed E-state index contributed by atoms with van der Waals surface area (Å²) >= 11 is 0. The van der Waals surface area contributed by atoms with E-state index in [2.05, 4.69) is 28.1 Å². The highest BCUT2D eigenvalue weighted by Crippen LogP contribution is 2.30. The fourth-order valence-corrected chi connectivity index (χ4v) is 5.01. The molecule has 2 aromatic rings. The number of carbonyl (C=O) groups excluding carboxylic acids is 1. The summed E-state index contributed by atoms with van der Waals surface area (Å²) in [6.45, 7) is 4.24. The normalized spacial score (nSPS) is 21.1. The van der Waals surface area contributed by atoms with Gasteiger partial charge in [0.05, 0.1) is 12.8 Å². The number of amides is 1. The molecule has 1 saturated heterocycles. The third kappa shape index (κ3) is 5.15. The fraction of sp³-hybridized carbons (Fsp3) is 0.556. The highest BCUT2D eigenvalue weighted by molar-refractivity contribution is 5.92. The second-order valence-corrected chi connectivity index (χ2v) is 9.91. The van der Waals surface area contributed by atoms with Gasteiger partial charge in [-0.05, 0) is 86.4 Å². The van der Waals surface area contributed by atoms with Crippen molar-refractivity contribution in [1.82, 2.24) is 14.8 Å². The van der Waals surface area contributed by atoms with Gasteiger partial charge in [-0.3, -0.25) is 9.69 Å². The number of benzene rings is 1. The Kier molecular flexibility index (Phi) is 6.44. The van der Waals surface area contributed by atoms with Crippen molar-refractivity contribution in [3.05, 3.63) is 58.9 Å². The number of nitrogens with zero attached hydrogens (tertiary/aromatic N) is 3. The first-order chi connectivity index (χ1) is 15.7. The van der Waals surface area contributed by atoms with E-state index >= 15 is 0 Å². The van der Waals surface area contributed by atoms with Crippen LogP contribution < -0.4 is 4.74 Å². The lowest BCUT2D eigenvalue weighted by atomic mass is 10.1. The van der Waals surface area contributed by atoms with E-state index in [-0.39, 0.29) is 11.9 Å². The summed E-state index contributed by atoms with van der Waals surface area (Å²) in [6.07, 6.45) is 11.4. The van der Waals surface area contributed by atoms with E-state index in [0.717, 1.165) is 31.7 Å². The van der Waals surface area contributed by atoms with Gasteiger partial charge in [-0.2, -0.15) is 0 Å². The van der Waals surface area contributed by atoms with Gasteiger partial charge in [-0.15, -0.1) is 0 Å². The number of carbonyl (C=O) groups is 1. The maximum absolute atomic E-state index is 13.0. The maximum atomic E-state index is 13.0. The molecule has 2 heterocycles. The summed E-state index contributed by atoms with van der Waals surface area (Å²) in [5, 5.41) is 0. The molecule has 1 saturated carbocycles. The Morgan fingerprint density at radius 3 is 2.56 bits per heavy atom. The predicted molar refractivity (Wildman–Crippen MR) is 126 cm³/mol. The van der Waals surface area contributed by atoms with Crippen LogP contribution in [-0.2, 0) is 19.4 Å². The van der Waals surface area contributed by atoms with E-state index in [4.69, 9.17) is 4.74 Å². The first-order valence-electron chi connectivity index (χ1n) is 12.3. The molecule has 0 bridgehead atoms. The van der Waals surface area contributed by atoms with E-state index in [1.165, 1.54) is 68.3 Å². The van der Waals surface area contributed by atoms with Gasteiger partial charge in [0.25, 0.3) is 5.91 Å². The van der Waals surface area contributed by atoms with Crippen molar-refractivity contribution >= 4 is 5.91 Å². The van der Waals surface area contributed by atoms with Crippen LogP contribution in [0.3, 0.4) is 0 Å². The van der Waals surface area contributed by atoms with Crippen molar-refractivity contribution in [3.63, 3.8) is 0 Å². The number of likely N-dealkylation sites (tertiary alicyclic amines) is 1. The lowest BCUT2D eigenvalue weighted by Gasteiger charge is -2.24. The van der Waals surface area contributed by atoms with Crippen molar-refractivity contribution in [2.75, 3.05) is 26.7 Å². The van der Waals surface area contributed by atoms with E-state index in [1.54, 1.807) is 12.3 Å². The van der Waals surface area contributed by atoms with Crippen LogP contribution in [0.25, 0.3) is 0 Å². The lowest BCUT2D eigenvalue weighted by Crippen LogP contribution is -2.38. The molecule has 1 amide bonds. The molecule has 3 aliphatic rings. The first kappa shape index (κ1) is 21.4. The number of ether oxygens (including phenoxy) is 1. The molecule has 0 radical (unpaired) electrons. The minimum Gasteiger partial charge on any atom is -0.492 e. The average Bonchev–Trinajstić information content (AvgIpc) is 3.60. The summed E-state index contributed by atoms with van der Waals surface area (Å²) < 4.78 is 5.75. The number of hydrogen-bond acceptors (Lipinski definition) is 4. The lowest BCUT2D eigenvalue weighted by molar-refractivity contribution is 0.0731. The minimum absolute atomic E-state index is 0.0126. The second kappa shape index (κ2) is 9.62. The van der Waals surface area contributed by atoms with Crippen molar-refractivity contribution in [1.29, 1.82) is 0 Å². The smallest absolute Gasteiger partial charge is 0.272 e. The minimum atomic E-state index is -0.0126. The van der Waals surface area contributed by atoms with Gasteiger partial charge in [0, 0.05) is 19.6 Å². The Morgan fingerprint density at radius 2 is 1.84 bits per heavy atom. The number of pyridine rings is 1. The highest BCUT2D eigenvalue weighted by atomic mass is 16.5. The average molecular weight is 434 g/mol. The molecular formula is C27H35N3O2. The van der Waals surface area contributed by atoms with Gasteiger partial charge in [-0.1, -0.05) is 31.0 Å². The van der Waals surface area contributed by atoms with Gasteiger partial charge >= 0.3 is 0 Å². The molecule has 1 aliphatic heterocycles. The standard InChI is InChI=1S/C27H35N3O2/c1-29(27(31)26-11-10-25(17-28-26)32-19-20-6-7-20)24-15-22-9-8-21(14-23(22)16-24)18-30-12-4-2-3-5-13-30/h8-11,14,17,20,24H,2-7,12-13,15-16,18-19H2,1H3. The Labute approximate surface area is 191 Å². The number of aromatic nitrogens is 1. The Morgan fingerprint density at radius 1 is 1.06 bits per heavy atom. The summed E-state index contributed by atoms with van der Waals surface area (Å²) in [5.41, 5.74) is 4.68. The van der Waals surface area contributed by atoms with E-state index in [1.807, 2.05) is 18.0 Å². The molecule has 2 aliphatic carbocycles. The molecule has 5 heteroatoms. The van der Waals surface area contributed by atoms with E-state index in [0.29, 0.717) is 11.6 Å². The molecule has 5 nitrogen and oxygen atoms in total. The topological polar surface area (TPSA) is 45.7 Å². The quantitative estimate of drug-likeness (QED) is 0.646. The molecule has 1 aromatic carbocycles. The zero-order chi connectivity index (χ0) is 21.9. The third-order valence-electron chi connectivity index (χ3n) is 7.29. The van der Waals surface area contributed by atoms with Crippen molar-refractivity contribution < 1.29 is 9.53 Å². The van der Waals surface area contributed by atoms with Crippen LogP contribution in [0.15, 0.2) is 36.5 Å². The van der Waals surface area contributed by atoms with Gasteiger partial charge in [0.2, 0.25) is 0 Å². The number of rotatable bonds is 7. The van der Waals surface area contributed by atoms with Gasteiger partial charge < -0.3 is 9.64 Å². The molecule has 1 unspecified atom stereocenters. The molecule has 32 heavy (non-hydrogen) atoms. The maximum Gasteiger partial charge on any atom is 0.272 e. The van der Waals surface area contributed by atoms with Crippen LogP contribution in [0.5, 0.6) is 5.75 Å². The molecular weight excluding hydrogens is 398 g/mol. The second-order valence-electron chi connectivity index (χ2n) is 9.91. The Hall–Kier alpha value is -2.40. The molecule has 5 rings (SSSR count). The van der Waals surface area contributed by atoms with Gasteiger partial charge in [-0.25, -0.2) is 4.98 Å². The van der Waals surface area contributed by atoms with Gasteiger partial charge in [0.15, 0.2) is 0 Å². The van der Waals surface area contributed by atoms with Crippen LogP contribution in [-0.4, -0.2) is 53.5 Å². The Balaban J connectivity index is 1.18. The fourth-order valence-electron chi connectivity index (χ4n) is 5.01. The molecule has 1 atom stereocenters. The van der Waals surface area contributed by atoms with E-state index < -0.39 is 0 Å². The van der Waals surface area contributed by atoms with Crippen LogP contribution in [0, 0.1) is 5.92 Å². The number of likely N-dealkylation sites (N-methyl/N-ethyl adjacent to an activating group) is 1. The highest BCUT2D eigenvalue weighted by Gasteiger charge is 2.29. The van der Waals surface area contributed by atoms with Gasteiger partial charge in [0.1, 0.15) is 11.4 Å². The molecule has 170 valence electrons. The van der Waals surface area contributed by atoms with Crippen LogP contribution in [0.1, 0.15) is 65.7 Å². The number of hydrogen-bond donors (Lipinski definition) is 0. The van der Waals surface area contributed by atoms with E-state index in [9.17, 15) is 4.79 Å². The first-order valence-corrected chi connectivity index (χ1v) is 12.3. The zero-order valence-electron chi connectivity index (χ0n) is 19.3. The monoisotopic (exact) mass is 433 g/mol. The molecule has 1 aromatic heterocycles. The SMILES string of the molecule is CN(C(=O)c1ccc(OCC2CC2)cn1)C1Cc2ccc(CN3CCCCCC3)cc2C1. The van der Waals surface area contributed by atoms with Crippen LogP contribution in [0.4, 0.5) is 0 Å². The van der Waals surface area contributed by atoms with Crippen molar-refractivity contribution in [2.24, 2.45) is 5.92 Å². The number of fused-ring (bicyclic) bond motifs is 1. The van der Waals surface area contributed by atoms with Crippen LogP contribution in [0.2, 0.25) is 0 Å². The van der Waals surface area contributed by atoms with Crippen molar-refractivity contribution in [3.8, 4) is 5.75 Å². The molecule has 0 spiro atoms. The summed E-state index contributed by atoms with van der Waals surface area (Å²) in [4.78, 5) is 21.9. The summed E-state index contributed by atoms with van der Waals surface area (Å²) in [7, 11) is 1.91. The van der Waals surface area contributed by atoms with Crippen LogP contribution >= 0.6 is 0 Å². The zero-order valence-corrected chi connectivity index (χ0v) is 19.3. The summed E-state index contributed by atoms with van der Waals surface area (Å²) in [6, 6.07) is 10.8. The summed E-state index contributed by atoms with van der Waals surface area (Å²) in [5.74, 6) is 1.44. The molecule has 2 fully saturated rings. The molecule has 0 N–H and O–H groups in total. The predicted octanol–water partition coefficient (Wildman–Crippen LogP) is 4.49. The Bertz CT molecular complexity index is 930. The largest absolute Gasteiger partial charge is 0.492 e. The van der Waals surface area contributed by atoms with Crippen molar-refractivity contribution in [2.45, 2.75) is 64.0 Å².